The molecule has 1 aromatic carbocycles. The maximum absolute atomic E-state index is 12.9. The number of hydrogen-bond acceptors (Lipinski definition) is 2. The lowest BCUT2D eigenvalue weighted by Gasteiger charge is -2.03. The largest absolute Gasteiger partial charge is 0.300 e. The molecule has 0 spiro atoms. The number of nitrogens with two attached hydrogens (primary N) is 1. The quantitative estimate of drug-likeness (QED) is 0.650. The van der Waals surface area contributed by atoms with E-state index in [4.69, 9.17) is 17.5 Å². The van der Waals surface area contributed by atoms with Gasteiger partial charge in [0.15, 0.2) is 0 Å². The number of rotatable bonds is 2. The fraction of sp³-hybridized carbons (Fsp3) is 0.143. The van der Waals surface area contributed by atoms with E-state index in [0.717, 1.165) is 0 Å². The Bertz CT molecular complexity index is 295. The van der Waals surface area contributed by atoms with Gasteiger partial charge in [0, 0.05) is 10.0 Å². The molecule has 0 aliphatic carbocycles. The first-order valence-electron chi connectivity index (χ1n) is 3.10. The van der Waals surface area contributed by atoms with E-state index in [1.807, 2.05) is 0 Å². The van der Waals surface area contributed by atoms with Crippen molar-refractivity contribution in [3.8, 4) is 0 Å². The predicted molar refractivity (Wildman–Crippen MR) is 48.1 cm³/mol. The van der Waals surface area contributed by atoms with E-state index < -0.39 is 5.82 Å². The number of hydrogen-bond donors (Lipinski definition) is 1. The Labute approximate surface area is 82.5 Å². The van der Waals surface area contributed by atoms with Crippen molar-refractivity contribution in [2.45, 2.75) is 6.61 Å². The SMILES string of the molecule is NOCc1cc(Br)cc(F)c1Cl. The van der Waals surface area contributed by atoms with E-state index in [1.165, 1.54) is 6.07 Å². The van der Waals surface area contributed by atoms with Gasteiger partial charge in [-0.25, -0.2) is 10.3 Å². The van der Waals surface area contributed by atoms with Crippen LogP contribution in [-0.2, 0) is 11.4 Å². The van der Waals surface area contributed by atoms with Gasteiger partial charge >= 0.3 is 0 Å². The van der Waals surface area contributed by atoms with Crippen molar-refractivity contribution in [3.63, 3.8) is 0 Å². The molecule has 0 heterocycles. The Morgan fingerprint density at radius 3 is 2.83 bits per heavy atom. The third-order valence-corrected chi connectivity index (χ3v) is 2.19. The second-order valence-electron chi connectivity index (χ2n) is 2.17. The highest BCUT2D eigenvalue weighted by molar-refractivity contribution is 9.10. The average Bonchev–Trinajstić information content (AvgIpc) is 2.00. The highest BCUT2D eigenvalue weighted by atomic mass is 79.9. The Hall–Kier alpha value is -0.160. The predicted octanol–water partition coefficient (Wildman–Crippen LogP) is 2.63. The van der Waals surface area contributed by atoms with Gasteiger partial charge in [-0.3, -0.25) is 4.84 Å². The first-order valence-corrected chi connectivity index (χ1v) is 4.27. The Kier molecular flexibility index (Phi) is 3.46. The third kappa shape index (κ3) is 2.17. The minimum absolute atomic E-state index is 0.0450. The molecule has 0 amide bonds. The van der Waals surface area contributed by atoms with Crippen molar-refractivity contribution in [3.05, 3.63) is 33.0 Å². The summed E-state index contributed by atoms with van der Waals surface area (Å²) >= 11 is 8.73. The molecule has 0 radical (unpaired) electrons. The van der Waals surface area contributed by atoms with E-state index >= 15 is 0 Å². The van der Waals surface area contributed by atoms with E-state index in [9.17, 15) is 4.39 Å². The van der Waals surface area contributed by atoms with Crippen LogP contribution in [0.25, 0.3) is 0 Å². The molecule has 0 aromatic heterocycles. The lowest BCUT2D eigenvalue weighted by molar-refractivity contribution is 0.124. The molecule has 2 N–H and O–H groups in total. The molecular formula is C7H6BrClFNO. The van der Waals surface area contributed by atoms with Crippen LogP contribution in [0.2, 0.25) is 5.02 Å². The summed E-state index contributed by atoms with van der Waals surface area (Å²) in [6.45, 7) is 0.0925. The molecule has 2 nitrogen and oxygen atoms in total. The van der Waals surface area contributed by atoms with Crippen LogP contribution in [0.15, 0.2) is 16.6 Å². The second-order valence-corrected chi connectivity index (χ2v) is 3.47. The van der Waals surface area contributed by atoms with Crippen molar-refractivity contribution in [2.24, 2.45) is 5.90 Å². The maximum Gasteiger partial charge on any atom is 0.143 e. The van der Waals surface area contributed by atoms with Crippen LogP contribution in [0.1, 0.15) is 5.56 Å². The van der Waals surface area contributed by atoms with Crippen molar-refractivity contribution in [1.29, 1.82) is 0 Å². The molecule has 0 bridgehead atoms. The standard InChI is InChI=1S/C7H6BrClFNO/c8-5-1-4(3-12-11)7(9)6(10)2-5/h1-2H,3,11H2. The van der Waals surface area contributed by atoms with Gasteiger partial charge in [0.05, 0.1) is 11.6 Å². The van der Waals surface area contributed by atoms with Crippen LogP contribution >= 0.6 is 27.5 Å². The minimum atomic E-state index is -0.488. The maximum atomic E-state index is 12.9. The Morgan fingerprint density at radius 1 is 1.58 bits per heavy atom. The normalized spacial score (nSPS) is 10.3. The lowest BCUT2D eigenvalue weighted by Crippen LogP contribution is -2.00. The summed E-state index contributed by atoms with van der Waals surface area (Å²) in [7, 11) is 0. The molecule has 0 atom stereocenters. The minimum Gasteiger partial charge on any atom is -0.300 e. The second kappa shape index (κ2) is 4.18. The molecule has 0 saturated carbocycles. The number of halogens is 3. The van der Waals surface area contributed by atoms with Crippen LogP contribution in [-0.4, -0.2) is 0 Å². The monoisotopic (exact) mass is 253 g/mol. The van der Waals surface area contributed by atoms with Crippen LogP contribution < -0.4 is 5.90 Å². The van der Waals surface area contributed by atoms with E-state index in [1.54, 1.807) is 6.07 Å². The number of benzene rings is 1. The summed E-state index contributed by atoms with van der Waals surface area (Å²) in [6.07, 6.45) is 0. The first-order chi connectivity index (χ1) is 5.65. The Balaban J connectivity index is 3.09. The molecule has 0 saturated heterocycles. The molecule has 0 fully saturated rings. The van der Waals surface area contributed by atoms with Gasteiger partial charge < -0.3 is 0 Å². The van der Waals surface area contributed by atoms with E-state index in [-0.39, 0.29) is 11.6 Å². The molecule has 1 aromatic rings. The zero-order valence-electron chi connectivity index (χ0n) is 5.98. The smallest absolute Gasteiger partial charge is 0.143 e. The van der Waals surface area contributed by atoms with Gasteiger partial charge in [-0.05, 0) is 12.1 Å². The van der Waals surface area contributed by atoms with Gasteiger partial charge in [0.2, 0.25) is 0 Å². The van der Waals surface area contributed by atoms with Crippen LogP contribution in [0, 0.1) is 5.82 Å². The van der Waals surface area contributed by atoms with Crippen LogP contribution in [0.4, 0.5) is 4.39 Å². The van der Waals surface area contributed by atoms with Gasteiger partial charge in [-0.1, -0.05) is 27.5 Å². The zero-order valence-corrected chi connectivity index (χ0v) is 8.32. The van der Waals surface area contributed by atoms with Crippen molar-refractivity contribution < 1.29 is 9.23 Å². The Morgan fingerprint density at radius 2 is 2.25 bits per heavy atom. The van der Waals surface area contributed by atoms with Gasteiger partial charge in [0.25, 0.3) is 0 Å². The third-order valence-electron chi connectivity index (χ3n) is 1.31. The molecule has 1 rings (SSSR count). The van der Waals surface area contributed by atoms with Crippen molar-refractivity contribution in [2.75, 3.05) is 0 Å². The molecule has 5 heteroatoms. The fourth-order valence-electron chi connectivity index (χ4n) is 0.804. The molecule has 0 aliphatic rings. The first kappa shape index (κ1) is 9.92. The molecule has 0 unspecified atom stereocenters. The fourth-order valence-corrected chi connectivity index (χ4v) is 1.45. The lowest BCUT2D eigenvalue weighted by atomic mass is 10.2. The molecule has 0 aliphatic heterocycles. The van der Waals surface area contributed by atoms with Gasteiger partial charge in [-0.15, -0.1) is 0 Å². The average molecular weight is 254 g/mol. The topological polar surface area (TPSA) is 35.2 Å². The molecular weight excluding hydrogens is 248 g/mol. The summed E-state index contributed by atoms with van der Waals surface area (Å²) in [6, 6.07) is 2.93. The summed E-state index contributed by atoms with van der Waals surface area (Å²) in [5.41, 5.74) is 0.519. The molecule has 12 heavy (non-hydrogen) atoms. The zero-order chi connectivity index (χ0) is 9.14. The van der Waals surface area contributed by atoms with E-state index in [0.29, 0.717) is 10.0 Å². The van der Waals surface area contributed by atoms with E-state index in [2.05, 4.69) is 20.8 Å². The summed E-state index contributed by atoms with van der Waals surface area (Å²) < 4.78 is 13.5. The summed E-state index contributed by atoms with van der Waals surface area (Å²) in [5, 5.41) is 0.0450. The van der Waals surface area contributed by atoms with Gasteiger partial charge in [0.1, 0.15) is 5.82 Å². The van der Waals surface area contributed by atoms with Crippen molar-refractivity contribution in [1.82, 2.24) is 0 Å². The highest BCUT2D eigenvalue weighted by Crippen LogP contribution is 2.25. The van der Waals surface area contributed by atoms with Crippen LogP contribution in [0.5, 0.6) is 0 Å². The van der Waals surface area contributed by atoms with Gasteiger partial charge in [-0.2, -0.15) is 0 Å². The highest BCUT2D eigenvalue weighted by Gasteiger charge is 2.07. The van der Waals surface area contributed by atoms with Crippen LogP contribution in [0.3, 0.4) is 0 Å². The molecule has 66 valence electrons. The summed E-state index contributed by atoms with van der Waals surface area (Å²) in [5.74, 6) is 4.35. The van der Waals surface area contributed by atoms with Crippen molar-refractivity contribution >= 4 is 27.5 Å². The summed E-state index contributed by atoms with van der Waals surface area (Å²) in [4.78, 5) is 4.35.